The molecule has 2 heterocycles. The first-order valence-electron chi connectivity index (χ1n) is 5.10. The zero-order valence-electron chi connectivity index (χ0n) is 9.41. The first-order chi connectivity index (χ1) is 7.07. The maximum absolute atomic E-state index is 5.57. The molecule has 0 amide bonds. The van der Waals surface area contributed by atoms with Gasteiger partial charge in [-0.05, 0) is 19.9 Å². The number of hydrogen-bond acceptors (Lipinski definition) is 4. The number of hydrogen-bond donors (Lipinski definition) is 0. The van der Waals surface area contributed by atoms with Crippen molar-refractivity contribution >= 4 is 0 Å². The molecule has 0 unspecified atom stereocenters. The van der Waals surface area contributed by atoms with Crippen LogP contribution in [-0.4, -0.2) is 29.8 Å². The van der Waals surface area contributed by atoms with Gasteiger partial charge < -0.3 is 9.47 Å². The molecule has 4 heteroatoms. The lowest BCUT2D eigenvalue weighted by Gasteiger charge is -2.37. The fourth-order valence-electron chi connectivity index (χ4n) is 1.53. The van der Waals surface area contributed by atoms with E-state index in [0.717, 1.165) is 24.6 Å². The number of rotatable bonds is 3. The van der Waals surface area contributed by atoms with Crippen LogP contribution in [0.25, 0.3) is 0 Å². The van der Waals surface area contributed by atoms with Crippen LogP contribution in [0.15, 0.2) is 6.07 Å². The predicted molar refractivity (Wildman–Crippen MR) is 55.9 cm³/mol. The third-order valence-electron chi connectivity index (χ3n) is 2.41. The van der Waals surface area contributed by atoms with Crippen LogP contribution in [0.1, 0.15) is 18.3 Å². The summed E-state index contributed by atoms with van der Waals surface area (Å²) in [6.07, 6.45) is 0. The van der Waals surface area contributed by atoms with E-state index in [1.165, 1.54) is 0 Å². The van der Waals surface area contributed by atoms with E-state index in [-0.39, 0.29) is 5.41 Å². The Labute approximate surface area is 89.6 Å². The number of aromatic nitrogens is 2. The van der Waals surface area contributed by atoms with Gasteiger partial charge in [-0.25, -0.2) is 9.97 Å². The van der Waals surface area contributed by atoms with Gasteiger partial charge in [0.25, 0.3) is 0 Å². The smallest absolute Gasteiger partial charge is 0.316 e. The van der Waals surface area contributed by atoms with Gasteiger partial charge in [0.05, 0.1) is 13.2 Å². The van der Waals surface area contributed by atoms with E-state index < -0.39 is 0 Å². The normalized spacial score (nSPS) is 18.3. The van der Waals surface area contributed by atoms with Crippen molar-refractivity contribution in [3.05, 3.63) is 17.5 Å². The summed E-state index contributed by atoms with van der Waals surface area (Å²) in [7, 11) is 0. The lowest BCUT2D eigenvalue weighted by molar-refractivity contribution is -0.121. The van der Waals surface area contributed by atoms with Crippen molar-refractivity contribution in [2.45, 2.75) is 20.8 Å². The first-order valence-corrected chi connectivity index (χ1v) is 5.10. The molecule has 4 nitrogen and oxygen atoms in total. The van der Waals surface area contributed by atoms with Crippen LogP contribution < -0.4 is 4.74 Å². The van der Waals surface area contributed by atoms with E-state index in [9.17, 15) is 0 Å². The van der Waals surface area contributed by atoms with E-state index in [4.69, 9.17) is 9.47 Å². The van der Waals surface area contributed by atoms with Crippen molar-refractivity contribution in [1.82, 2.24) is 9.97 Å². The highest BCUT2D eigenvalue weighted by molar-refractivity contribution is 5.11. The van der Waals surface area contributed by atoms with E-state index in [1.807, 2.05) is 19.9 Å². The number of ether oxygens (including phenoxy) is 2. The van der Waals surface area contributed by atoms with Crippen LogP contribution in [0, 0.1) is 19.3 Å². The van der Waals surface area contributed by atoms with Gasteiger partial charge >= 0.3 is 6.01 Å². The number of aryl methyl sites for hydroxylation is 2. The van der Waals surface area contributed by atoms with Crippen molar-refractivity contribution in [3.8, 4) is 6.01 Å². The molecule has 1 aromatic rings. The van der Waals surface area contributed by atoms with Crippen molar-refractivity contribution in [3.63, 3.8) is 0 Å². The largest absolute Gasteiger partial charge is 0.463 e. The molecule has 0 aromatic carbocycles. The summed E-state index contributed by atoms with van der Waals surface area (Å²) in [5, 5.41) is 0. The molecule has 1 aromatic heterocycles. The summed E-state index contributed by atoms with van der Waals surface area (Å²) < 4.78 is 10.7. The zero-order chi connectivity index (χ0) is 10.9. The molecule has 1 saturated heterocycles. The third-order valence-corrected chi connectivity index (χ3v) is 2.41. The highest BCUT2D eigenvalue weighted by atomic mass is 16.5. The molecule has 0 bridgehead atoms. The summed E-state index contributed by atoms with van der Waals surface area (Å²) in [6.45, 7) is 8.16. The molecule has 0 radical (unpaired) electrons. The maximum atomic E-state index is 5.57. The standard InChI is InChI=1S/C11H16N2O2/c1-8-4-9(2)13-10(12-8)15-7-11(3)5-14-6-11/h4H,5-7H2,1-3H3. The molecule has 1 aliphatic rings. The second kappa shape index (κ2) is 3.77. The predicted octanol–water partition coefficient (Wildman–Crippen LogP) is 1.51. The van der Waals surface area contributed by atoms with Crippen LogP contribution in [0.3, 0.4) is 0 Å². The molecule has 82 valence electrons. The first kappa shape index (κ1) is 10.4. The van der Waals surface area contributed by atoms with Crippen LogP contribution in [-0.2, 0) is 4.74 Å². The Hall–Kier alpha value is -1.16. The molecule has 1 fully saturated rings. The Morgan fingerprint density at radius 3 is 2.40 bits per heavy atom. The van der Waals surface area contributed by atoms with Gasteiger partial charge in [0.1, 0.15) is 6.61 Å². The van der Waals surface area contributed by atoms with Crippen molar-refractivity contribution in [2.24, 2.45) is 5.41 Å². The van der Waals surface area contributed by atoms with E-state index in [2.05, 4.69) is 16.9 Å². The Morgan fingerprint density at radius 2 is 1.93 bits per heavy atom. The number of nitrogens with zero attached hydrogens (tertiary/aromatic N) is 2. The van der Waals surface area contributed by atoms with Gasteiger partial charge in [-0.3, -0.25) is 0 Å². The van der Waals surface area contributed by atoms with Crippen LogP contribution in [0.2, 0.25) is 0 Å². The fraction of sp³-hybridized carbons (Fsp3) is 0.636. The van der Waals surface area contributed by atoms with Crippen LogP contribution in [0.4, 0.5) is 0 Å². The minimum atomic E-state index is 0.140. The summed E-state index contributed by atoms with van der Waals surface area (Å²) in [5.41, 5.74) is 2.01. The van der Waals surface area contributed by atoms with Gasteiger partial charge in [-0.15, -0.1) is 0 Å². The quantitative estimate of drug-likeness (QED) is 0.755. The molecular formula is C11H16N2O2. The van der Waals surface area contributed by atoms with Gasteiger partial charge in [0.2, 0.25) is 0 Å². The molecule has 1 aliphatic heterocycles. The van der Waals surface area contributed by atoms with E-state index in [0.29, 0.717) is 12.6 Å². The monoisotopic (exact) mass is 208 g/mol. The molecule has 0 N–H and O–H groups in total. The molecule has 0 saturated carbocycles. The highest BCUT2D eigenvalue weighted by Gasteiger charge is 2.34. The summed E-state index contributed by atoms with van der Waals surface area (Å²) >= 11 is 0. The average Bonchev–Trinajstić information content (AvgIpc) is 2.10. The SMILES string of the molecule is Cc1cc(C)nc(OCC2(C)COC2)n1. The van der Waals surface area contributed by atoms with Crippen molar-refractivity contribution < 1.29 is 9.47 Å². The minimum absolute atomic E-state index is 0.140. The molecule has 0 atom stereocenters. The molecular weight excluding hydrogens is 192 g/mol. The average molecular weight is 208 g/mol. The molecule has 0 spiro atoms. The third kappa shape index (κ3) is 2.45. The fourth-order valence-corrected chi connectivity index (χ4v) is 1.53. The Morgan fingerprint density at radius 1 is 1.33 bits per heavy atom. The van der Waals surface area contributed by atoms with E-state index in [1.54, 1.807) is 0 Å². The Bertz CT molecular complexity index is 341. The van der Waals surface area contributed by atoms with Gasteiger partial charge in [-0.1, -0.05) is 6.92 Å². The lowest BCUT2D eigenvalue weighted by atomic mass is 9.90. The summed E-state index contributed by atoms with van der Waals surface area (Å²) in [4.78, 5) is 8.44. The second-order valence-electron chi connectivity index (χ2n) is 4.53. The van der Waals surface area contributed by atoms with Gasteiger partial charge in [0.15, 0.2) is 0 Å². The molecule has 15 heavy (non-hydrogen) atoms. The minimum Gasteiger partial charge on any atom is -0.463 e. The van der Waals surface area contributed by atoms with Crippen molar-refractivity contribution in [2.75, 3.05) is 19.8 Å². The van der Waals surface area contributed by atoms with Crippen LogP contribution >= 0.6 is 0 Å². The Kier molecular flexibility index (Phi) is 2.61. The van der Waals surface area contributed by atoms with Crippen molar-refractivity contribution in [1.29, 1.82) is 0 Å². The zero-order valence-corrected chi connectivity index (χ0v) is 9.41. The molecule has 0 aliphatic carbocycles. The summed E-state index contributed by atoms with van der Waals surface area (Å²) in [6, 6.07) is 2.40. The second-order valence-corrected chi connectivity index (χ2v) is 4.53. The topological polar surface area (TPSA) is 44.2 Å². The van der Waals surface area contributed by atoms with Crippen LogP contribution in [0.5, 0.6) is 6.01 Å². The van der Waals surface area contributed by atoms with E-state index >= 15 is 0 Å². The summed E-state index contributed by atoms with van der Waals surface area (Å²) in [5.74, 6) is 0. The molecule has 2 rings (SSSR count). The maximum Gasteiger partial charge on any atom is 0.316 e. The lowest BCUT2D eigenvalue weighted by Crippen LogP contribution is -2.44. The van der Waals surface area contributed by atoms with Gasteiger partial charge in [-0.2, -0.15) is 0 Å². The van der Waals surface area contributed by atoms with Gasteiger partial charge in [0, 0.05) is 16.8 Å². The highest BCUT2D eigenvalue weighted by Crippen LogP contribution is 2.26. The Balaban J connectivity index is 1.98.